The van der Waals surface area contributed by atoms with Crippen molar-refractivity contribution in [2.24, 2.45) is 0 Å². The average molecular weight is 278 g/mol. The van der Waals surface area contributed by atoms with Gasteiger partial charge in [-0.1, -0.05) is 0 Å². The standard InChI is InChI=1S/C13H18N4OS/c1-4-17(3)13(18)7-15-10-6-11-12(5-9(10)14)19-8(2)16-11/h5-6,15H,4,7,14H2,1-3H3. The van der Waals surface area contributed by atoms with Crippen molar-refractivity contribution < 1.29 is 4.79 Å². The number of rotatable bonds is 4. The highest BCUT2D eigenvalue weighted by Crippen LogP contribution is 2.29. The molecule has 19 heavy (non-hydrogen) atoms. The van der Waals surface area contributed by atoms with Crippen LogP contribution in [0.25, 0.3) is 10.2 Å². The van der Waals surface area contributed by atoms with E-state index in [4.69, 9.17) is 5.73 Å². The van der Waals surface area contributed by atoms with Crippen molar-refractivity contribution in [1.29, 1.82) is 0 Å². The van der Waals surface area contributed by atoms with E-state index in [-0.39, 0.29) is 12.5 Å². The van der Waals surface area contributed by atoms with Gasteiger partial charge in [0.05, 0.1) is 33.1 Å². The first-order chi connectivity index (χ1) is 9.01. The van der Waals surface area contributed by atoms with Crippen LogP contribution in [0.5, 0.6) is 0 Å². The van der Waals surface area contributed by atoms with Crippen molar-refractivity contribution >= 4 is 38.8 Å². The average Bonchev–Trinajstić information content (AvgIpc) is 2.73. The monoisotopic (exact) mass is 278 g/mol. The first-order valence-corrected chi connectivity index (χ1v) is 6.97. The molecule has 3 N–H and O–H groups in total. The van der Waals surface area contributed by atoms with E-state index in [9.17, 15) is 4.79 Å². The van der Waals surface area contributed by atoms with Gasteiger partial charge < -0.3 is 16.0 Å². The Bertz CT molecular complexity index is 608. The third-order valence-electron chi connectivity index (χ3n) is 3.00. The SMILES string of the molecule is CCN(C)C(=O)CNc1cc2nc(C)sc2cc1N. The van der Waals surface area contributed by atoms with E-state index in [1.54, 1.807) is 23.3 Å². The normalized spacial score (nSPS) is 10.7. The summed E-state index contributed by atoms with van der Waals surface area (Å²) >= 11 is 1.61. The largest absolute Gasteiger partial charge is 0.397 e. The van der Waals surface area contributed by atoms with Gasteiger partial charge in [-0.2, -0.15) is 0 Å². The van der Waals surface area contributed by atoms with Crippen molar-refractivity contribution in [3.63, 3.8) is 0 Å². The Morgan fingerprint density at radius 2 is 2.26 bits per heavy atom. The maximum absolute atomic E-state index is 11.7. The molecule has 1 amide bonds. The van der Waals surface area contributed by atoms with Crippen LogP contribution in [0, 0.1) is 6.92 Å². The molecule has 0 atom stereocenters. The molecule has 0 radical (unpaired) electrons. The molecule has 2 rings (SSSR count). The van der Waals surface area contributed by atoms with Crippen molar-refractivity contribution in [2.75, 3.05) is 31.2 Å². The molecule has 6 heteroatoms. The van der Waals surface area contributed by atoms with E-state index in [0.29, 0.717) is 12.2 Å². The number of fused-ring (bicyclic) bond motifs is 1. The molecule has 0 saturated carbocycles. The van der Waals surface area contributed by atoms with Crippen molar-refractivity contribution in [2.45, 2.75) is 13.8 Å². The zero-order valence-corrected chi connectivity index (χ0v) is 12.2. The smallest absolute Gasteiger partial charge is 0.241 e. The second-order valence-corrected chi connectivity index (χ2v) is 5.64. The van der Waals surface area contributed by atoms with Crippen LogP contribution in [0.2, 0.25) is 0 Å². The van der Waals surface area contributed by atoms with Gasteiger partial charge in [0.25, 0.3) is 0 Å². The van der Waals surface area contributed by atoms with Crippen LogP contribution in [0.3, 0.4) is 0 Å². The molecule has 0 aliphatic carbocycles. The number of anilines is 2. The number of nitrogens with one attached hydrogen (secondary N) is 1. The Balaban J connectivity index is 2.16. The van der Waals surface area contributed by atoms with Crippen LogP contribution < -0.4 is 11.1 Å². The topological polar surface area (TPSA) is 71.2 Å². The number of aromatic nitrogens is 1. The maximum Gasteiger partial charge on any atom is 0.241 e. The molecule has 1 heterocycles. The second-order valence-electron chi connectivity index (χ2n) is 4.40. The first-order valence-electron chi connectivity index (χ1n) is 6.15. The Morgan fingerprint density at radius 3 is 2.95 bits per heavy atom. The molecule has 0 aliphatic heterocycles. The molecule has 0 unspecified atom stereocenters. The number of nitrogens with two attached hydrogens (primary N) is 1. The second kappa shape index (κ2) is 5.44. The van der Waals surface area contributed by atoms with Gasteiger partial charge in [0.15, 0.2) is 0 Å². The summed E-state index contributed by atoms with van der Waals surface area (Å²) in [7, 11) is 1.78. The van der Waals surface area contributed by atoms with Crippen LogP contribution in [-0.2, 0) is 4.79 Å². The van der Waals surface area contributed by atoms with E-state index in [1.165, 1.54) is 0 Å². The Labute approximate surface area is 116 Å². The van der Waals surface area contributed by atoms with Gasteiger partial charge in [-0.05, 0) is 26.0 Å². The van der Waals surface area contributed by atoms with Crippen LogP contribution in [0.1, 0.15) is 11.9 Å². The molecule has 0 aliphatic rings. The molecule has 102 valence electrons. The molecule has 2 aromatic rings. The number of benzene rings is 1. The van der Waals surface area contributed by atoms with E-state index >= 15 is 0 Å². The third kappa shape index (κ3) is 2.96. The molecule has 1 aromatic carbocycles. The summed E-state index contributed by atoms with van der Waals surface area (Å²) in [6.45, 7) is 4.84. The highest BCUT2D eigenvalue weighted by Gasteiger charge is 2.09. The summed E-state index contributed by atoms with van der Waals surface area (Å²) in [5.41, 5.74) is 8.30. The van der Waals surface area contributed by atoms with E-state index < -0.39 is 0 Å². The molecule has 5 nitrogen and oxygen atoms in total. The van der Waals surface area contributed by atoms with Gasteiger partial charge in [-0.25, -0.2) is 4.98 Å². The number of carbonyl (C=O) groups is 1. The lowest BCUT2D eigenvalue weighted by molar-refractivity contribution is -0.127. The summed E-state index contributed by atoms with van der Waals surface area (Å²) in [5.74, 6) is 0.0384. The molecule has 0 fully saturated rings. The summed E-state index contributed by atoms with van der Waals surface area (Å²) in [6, 6.07) is 3.80. The number of nitrogen functional groups attached to an aromatic ring is 1. The van der Waals surface area contributed by atoms with Crippen LogP contribution >= 0.6 is 11.3 Å². The zero-order chi connectivity index (χ0) is 14.0. The lowest BCUT2D eigenvalue weighted by Gasteiger charge is -2.16. The first kappa shape index (κ1) is 13.6. The number of carbonyl (C=O) groups excluding carboxylic acids is 1. The summed E-state index contributed by atoms with van der Waals surface area (Å²) < 4.78 is 1.07. The number of hydrogen-bond acceptors (Lipinski definition) is 5. The van der Waals surface area contributed by atoms with Crippen molar-refractivity contribution in [1.82, 2.24) is 9.88 Å². The maximum atomic E-state index is 11.7. The summed E-state index contributed by atoms with van der Waals surface area (Å²) in [4.78, 5) is 17.8. The van der Waals surface area contributed by atoms with Gasteiger partial charge in [0.1, 0.15) is 0 Å². The number of aryl methyl sites for hydroxylation is 1. The lowest BCUT2D eigenvalue weighted by atomic mass is 10.2. The van der Waals surface area contributed by atoms with Gasteiger partial charge in [-0.15, -0.1) is 11.3 Å². The zero-order valence-electron chi connectivity index (χ0n) is 11.4. The predicted octanol–water partition coefficient (Wildman–Crippen LogP) is 2.08. The van der Waals surface area contributed by atoms with Crippen molar-refractivity contribution in [3.05, 3.63) is 17.1 Å². The quantitative estimate of drug-likeness (QED) is 0.840. The fourth-order valence-corrected chi connectivity index (χ4v) is 2.60. The molecule has 0 spiro atoms. The summed E-state index contributed by atoms with van der Waals surface area (Å²) in [5, 5.41) is 4.09. The number of thiazole rings is 1. The molecular formula is C13H18N4OS. The van der Waals surface area contributed by atoms with E-state index in [2.05, 4.69) is 10.3 Å². The number of hydrogen-bond donors (Lipinski definition) is 2. The highest BCUT2D eigenvalue weighted by atomic mass is 32.1. The molecule has 0 saturated heterocycles. The molecule has 1 aromatic heterocycles. The van der Waals surface area contributed by atoms with E-state index in [1.807, 2.05) is 26.0 Å². The minimum atomic E-state index is 0.0384. The van der Waals surface area contributed by atoms with Gasteiger partial charge >= 0.3 is 0 Å². The Kier molecular flexibility index (Phi) is 3.90. The Morgan fingerprint density at radius 1 is 1.53 bits per heavy atom. The fraction of sp³-hybridized carbons (Fsp3) is 0.385. The van der Waals surface area contributed by atoms with Crippen LogP contribution in [0.4, 0.5) is 11.4 Å². The number of nitrogens with zero attached hydrogens (tertiary/aromatic N) is 2. The predicted molar refractivity (Wildman–Crippen MR) is 80.6 cm³/mol. The van der Waals surface area contributed by atoms with E-state index in [0.717, 1.165) is 20.9 Å². The lowest BCUT2D eigenvalue weighted by Crippen LogP contribution is -2.32. The Hall–Kier alpha value is -1.82. The van der Waals surface area contributed by atoms with Crippen LogP contribution in [0.15, 0.2) is 12.1 Å². The minimum absolute atomic E-state index is 0.0384. The fourth-order valence-electron chi connectivity index (χ4n) is 1.74. The van der Waals surface area contributed by atoms with Crippen molar-refractivity contribution in [3.8, 4) is 0 Å². The molecular weight excluding hydrogens is 260 g/mol. The van der Waals surface area contributed by atoms with Gasteiger partial charge in [-0.3, -0.25) is 4.79 Å². The number of amides is 1. The minimum Gasteiger partial charge on any atom is -0.397 e. The van der Waals surface area contributed by atoms with Gasteiger partial charge in [0, 0.05) is 13.6 Å². The summed E-state index contributed by atoms with van der Waals surface area (Å²) in [6.07, 6.45) is 0. The number of likely N-dealkylation sites (N-methyl/N-ethyl adjacent to an activating group) is 1. The highest BCUT2D eigenvalue weighted by molar-refractivity contribution is 7.18. The van der Waals surface area contributed by atoms with Gasteiger partial charge in [0.2, 0.25) is 5.91 Å². The molecule has 0 bridgehead atoms. The van der Waals surface area contributed by atoms with Crippen LogP contribution in [-0.4, -0.2) is 35.9 Å². The third-order valence-corrected chi connectivity index (χ3v) is 3.93.